The van der Waals surface area contributed by atoms with Gasteiger partial charge in [-0.1, -0.05) is 0 Å². The number of aryl methyl sites for hydroxylation is 1. The zero-order valence-electron chi connectivity index (χ0n) is 9.77. The van der Waals surface area contributed by atoms with Crippen molar-refractivity contribution in [1.29, 1.82) is 0 Å². The minimum absolute atomic E-state index is 0.201. The average Bonchev–Trinajstić information content (AvgIpc) is 2.20. The molecule has 0 saturated carbocycles. The number of hydrogen-bond donors (Lipinski definition) is 1. The van der Waals surface area contributed by atoms with Gasteiger partial charge in [0.2, 0.25) is 5.88 Å². The highest BCUT2D eigenvalue weighted by Crippen LogP contribution is 2.41. The van der Waals surface area contributed by atoms with Crippen LogP contribution < -0.4 is 0 Å². The number of likely N-dealkylation sites (N-methyl/N-ethyl adjacent to an activating group) is 1. The van der Waals surface area contributed by atoms with Crippen molar-refractivity contribution in [2.75, 3.05) is 7.05 Å². The van der Waals surface area contributed by atoms with Gasteiger partial charge in [-0.15, -0.1) is 0 Å². The number of fused-ring (bicyclic) bond motifs is 4. The zero-order valence-corrected chi connectivity index (χ0v) is 9.77. The maximum Gasteiger partial charge on any atom is 0.217 e. The van der Waals surface area contributed by atoms with E-state index in [0.717, 1.165) is 24.1 Å². The number of nitrogens with zero attached hydrogens (tertiary/aromatic N) is 3. The Bertz CT molecular complexity index is 433. The molecule has 2 aliphatic heterocycles. The average molecular weight is 219 g/mol. The van der Waals surface area contributed by atoms with Crippen molar-refractivity contribution < 1.29 is 5.11 Å². The fourth-order valence-electron chi connectivity index (χ4n) is 3.09. The molecule has 1 aromatic rings. The van der Waals surface area contributed by atoms with Crippen LogP contribution in [0.4, 0.5) is 0 Å². The molecule has 2 atom stereocenters. The van der Waals surface area contributed by atoms with Crippen LogP contribution in [0.5, 0.6) is 5.88 Å². The monoisotopic (exact) mass is 219 g/mol. The molecule has 3 heterocycles. The predicted molar refractivity (Wildman–Crippen MR) is 60.3 cm³/mol. The number of aromatic hydroxyl groups is 1. The Kier molecular flexibility index (Phi) is 2.14. The molecule has 2 aliphatic rings. The van der Waals surface area contributed by atoms with Crippen LogP contribution >= 0.6 is 0 Å². The van der Waals surface area contributed by atoms with E-state index in [2.05, 4.69) is 21.9 Å². The van der Waals surface area contributed by atoms with Crippen molar-refractivity contribution in [2.45, 2.75) is 44.7 Å². The van der Waals surface area contributed by atoms with Crippen LogP contribution in [0.1, 0.15) is 42.4 Å². The molecule has 1 N–H and O–H groups in total. The molecule has 0 amide bonds. The Morgan fingerprint density at radius 3 is 2.94 bits per heavy atom. The summed E-state index contributed by atoms with van der Waals surface area (Å²) in [6, 6.07) is 0.943. The van der Waals surface area contributed by atoms with E-state index in [4.69, 9.17) is 0 Å². The van der Waals surface area contributed by atoms with Gasteiger partial charge in [0.1, 0.15) is 5.82 Å². The van der Waals surface area contributed by atoms with E-state index in [0.29, 0.717) is 17.9 Å². The number of aromatic nitrogens is 2. The second kappa shape index (κ2) is 3.42. The lowest BCUT2D eigenvalue weighted by Crippen LogP contribution is -2.44. The normalized spacial score (nSPS) is 28.9. The highest BCUT2D eigenvalue weighted by atomic mass is 16.3. The third-order valence-corrected chi connectivity index (χ3v) is 3.97. The summed E-state index contributed by atoms with van der Waals surface area (Å²) in [7, 11) is 2.17. The highest BCUT2D eigenvalue weighted by molar-refractivity contribution is 5.35. The third kappa shape index (κ3) is 1.33. The van der Waals surface area contributed by atoms with Crippen molar-refractivity contribution >= 4 is 0 Å². The first-order chi connectivity index (χ1) is 7.66. The summed E-state index contributed by atoms with van der Waals surface area (Å²) in [4.78, 5) is 11.0. The molecule has 2 unspecified atom stereocenters. The summed E-state index contributed by atoms with van der Waals surface area (Å²) >= 11 is 0. The summed E-state index contributed by atoms with van der Waals surface area (Å²) in [5, 5.41) is 9.91. The summed E-state index contributed by atoms with van der Waals surface area (Å²) in [5.41, 5.74) is 2.04. The lowest BCUT2D eigenvalue weighted by atomic mass is 9.83. The quantitative estimate of drug-likeness (QED) is 0.719. The summed E-state index contributed by atoms with van der Waals surface area (Å²) in [6.07, 6.45) is 4.53. The van der Waals surface area contributed by atoms with Gasteiger partial charge in [-0.3, -0.25) is 4.90 Å². The van der Waals surface area contributed by atoms with E-state index in [9.17, 15) is 5.11 Å². The maximum atomic E-state index is 9.91. The van der Waals surface area contributed by atoms with Crippen molar-refractivity contribution in [2.24, 2.45) is 0 Å². The molecule has 16 heavy (non-hydrogen) atoms. The van der Waals surface area contributed by atoms with Crippen LogP contribution in [0, 0.1) is 6.92 Å². The van der Waals surface area contributed by atoms with E-state index >= 15 is 0 Å². The molecule has 1 saturated heterocycles. The number of rotatable bonds is 0. The van der Waals surface area contributed by atoms with Crippen LogP contribution in [-0.2, 0) is 6.42 Å². The van der Waals surface area contributed by atoms with Gasteiger partial charge in [0.15, 0.2) is 0 Å². The standard InChI is InChI=1S/C12H17N3O/c1-7-13-11-9(12(16)14-7)6-8-4-3-5-10(11)15(8)2/h8,10H,3-6H2,1-2H3,(H,13,14,16). The van der Waals surface area contributed by atoms with Gasteiger partial charge in [0.05, 0.1) is 11.7 Å². The van der Waals surface area contributed by atoms with Gasteiger partial charge in [-0.2, -0.15) is 4.98 Å². The molecule has 0 spiro atoms. The Hall–Kier alpha value is -1.16. The van der Waals surface area contributed by atoms with E-state index in [-0.39, 0.29) is 5.88 Å². The van der Waals surface area contributed by atoms with E-state index in [1.54, 1.807) is 0 Å². The maximum absolute atomic E-state index is 9.91. The van der Waals surface area contributed by atoms with Crippen LogP contribution in [0.3, 0.4) is 0 Å². The number of piperidine rings is 1. The van der Waals surface area contributed by atoms with E-state index in [1.165, 1.54) is 12.8 Å². The number of hydrogen-bond acceptors (Lipinski definition) is 4. The Balaban J connectivity index is 2.14. The molecule has 3 rings (SSSR count). The lowest BCUT2D eigenvalue weighted by molar-refractivity contribution is 0.0946. The highest BCUT2D eigenvalue weighted by Gasteiger charge is 2.37. The van der Waals surface area contributed by atoms with Crippen LogP contribution in [0.25, 0.3) is 0 Å². The molecule has 86 valence electrons. The molecular weight excluding hydrogens is 202 g/mol. The summed E-state index contributed by atoms with van der Waals surface area (Å²) < 4.78 is 0. The molecule has 4 nitrogen and oxygen atoms in total. The first-order valence-corrected chi connectivity index (χ1v) is 5.95. The third-order valence-electron chi connectivity index (χ3n) is 3.97. The second-order valence-electron chi connectivity index (χ2n) is 4.93. The topological polar surface area (TPSA) is 49.3 Å². The molecule has 2 bridgehead atoms. The van der Waals surface area contributed by atoms with Crippen molar-refractivity contribution in [3.8, 4) is 5.88 Å². The molecule has 1 fully saturated rings. The molecular formula is C12H17N3O. The van der Waals surface area contributed by atoms with Crippen LogP contribution in [-0.4, -0.2) is 33.1 Å². The summed E-state index contributed by atoms with van der Waals surface area (Å²) in [5.74, 6) is 0.876. The smallest absolute Gasteiger partial charge is 0.217 e. The van der Waals surface area contributed by atoms with Gasteiger partial charge in [0, 0.05) is 11.6 Å². The Morgan fingerprint density at radius 1 is 1.31 bits per heavy atom. The Morgan fingerprint density at radius 2 is 2.12 bits per heavy atom. The van der Waals surface area contributed by atoms with Gasteiger partial charge < -0.3 is 5.11 Å². The van der Waals surface area contributed by atoms with Crippen LogP contribution in [0.2, 0.25) is 0 Å². The molecule has 4 heteroatoms. The van der Waals surface area contributed by atoms with Gasteiger partial charge in [0.25, 0.3) is 0 Å². The summed E-state index contributed by atoms with van der Waals surface area (Å²) in [6.45, 7) is 1.84. The van der Waals surface area contributed by atoms with Crippen LogP contribution in [0.15, 0.2) is 0 Å². The van der Waals surface area contributed by atoms with Crippen molar-refractivity contribution in [3.63, 3.8) is 0 Å². The van der Waals surface area contributed by atoms with Gasteiger partial charge in [-0.05, 0) is 39.7 Å². The first-order valence-electron chi connectivity index (χ1n) is 5.95. The SMILES string of the molecule is Cc1nc(O)c2c(n1)C1CCCC(C2)N1C. The van der Waals surface area contributed by atoms with Crippen molar-refractivity contribution in [3.05, 3.63) is 17.1 Å². The second-order valence-corrected chi connectivity index (χ2v) is 4.93. The molecule has 0 aliphatic carbocycles. The molecule has 1 aromatic heterocycles. The Labute approximate surface area is 95.3 Å². The van der Waals surface area contributed by atoms with E-state index in [1.807, 2.05) is 6.92 Å². The largest absolute Gasteiger partial charge is 0.493 e. The zero-order chi connectivity index (χ0) is 11.3. The lowest BCUT2D eigenvalue weighted by Gasteiger charge is -2.44. The predicted octanol–water partition coefficient (Wildman–Crippen LogP) is 1.57. The molecule has 0 aromatic carbocycles. The van der Waals surface area contributed by atoms with Gasteiger partial charge in [-0.25, -0.2) is 4.98 Å². The van der Waals surface area contributed by atoms with Crippen molar-refractivity contribution in [1.82, 2.24) is 14.9 Å². The fourth-order valence-corrected chi connectivity index (χ4v) is 3.09. The minimum atomic E-state index is 0.201. The minimum Gasteiger partial charge on any atom is -0.493 e. The van der Waals surface area contributed by atoms with Gasteiger partial charge >= 0.3 is 0 Å². The first kappa shape index (κ1) is 10.0. The molecule has 0 radical (unpaired) electrons. The van der Waals surface area contributed by atoms with E-state index < -0.39 is 0 Å². The fraction of sp³-hybridized carbons (Fsp3) is 0.667.